The number of nitrogens with zero attached hydrogens (tertiary/aromatic N) is 1. The van der Waals surface area contributed by atoms with Crippen molar-refractivity contribution in [1.82, 2.24) is 0 Å². The van der Waals surface area contributed by atoms with Crippen molar-refractivity contribution in [2.24, 2.45) is 5.73 Å². The maximum Gasteiger partial charge on any atom is 0.0642 e. The maximum absolute atomic E-state index is 6.17. The number of hydrogen-bond acceptors (Lipinski definition) is 3. The smallest absolute Gasteiger partial charge is 0.0642 e. The van der Waals surface area contributed by atoms with Crippen molar-refractivity contribution < 1.29 is 4.74 Å². The van der Waals surface area contributed by atoms with Gasteiger partial charge in [-0.1, -0.05) is 12.1 Å². The van der Waals surface area contributed by atoms with Crippen LogP contribution in [0.1, 0.15) is 18.4 Å². The molecule has 2 fully saturated rings. The molecule has 0 bridgehead atoms. The molecule has 3 nitrogen and oxygen atoms in total. The molecule has 3 rings (SSSR count). The lowest BCUT2D eigenvalue weighted by Gasteiger charge is -2.29. The number of nitrogens with two attached hydrogens (primary N) is 1. The predicted molar refractivity (Wildman–Crippen MR) is 69.3 cm³/mol. The van der Waals surface area contributed by atoms with E-state index in [4.69, 9.17) is 10.5 Å². The van der Waals surface area contributed by atoms with Crippen LogP contribution in [0.15, 0.2) is 24.3 Å². The summed E-state index contributed by atoms with van der Waals surface area (Å²) in [5.74, 6) is 0. The van der Waals surface area contributed by atoms with E-state index < -0.39 is 0 Å². The largest absolute Gasteiger partial charge is 0.378 e. The van der Waals surface area contributed by atoms with Crippen molar-refractivity contribution in [2.75, 3.05) is 31.2 Å². The van der Waals surface area contributed by atoms with E-state index in [9.17, 15) is 0 Å². The Morgan fingerprint density at radius 3 is 2.71 bits per heavy atom. The summed E-state index contributed by atoms with van der Waals surface area (Å²) in [4.78, 5) is 2.39. The Bertz CT molecular complexity index is 395. The number of rotatable bonds is 3. The first-order valence-corrected chi connectivity index (χ1v) is 6.46. The molecule has 17 heavy (non-hydrogen) atoms. The zero-order chi connectivity index (χ0) is 11.7. The van der Waals surface area contributed by atoms with Gasteiger partial charge >= 0.3 is 0 Å². The molecular weight excluding hydrogens is 212 g/mol. The Balaban J connectivity index is 1.73. The van der Waals surface area contributed by atoms with Crippen LogP contribution in [-0.2, 0) is 11.2 Å². The van der Waals surface area contributed by atoms with Crippen LogP contribution in [0.2, 0.25) is 0 Å². The minimum Gasteiger partial charge on any atom is -0.378 e. The first-order chi connectivity index (χ1) is 8.25. The zero-order valence-corrected chi connectivity index (χ0v) is 10.2. The summed E-state index contributed by atoms with van der Waals surface area (Å²) < 4.78 is 5.38. The normalized spacial score (nSPS) is 22.5. The third-order valence-corrected chi connectivity index (χ3v) is 3.74. The van der Waals surface area contributed by atoms with Crippen LogP contribution >= 0.6 is 0 Å². The lowest BCUT2D eigenvalue weighted by Crippen LogP contribution is -2.36. The SMILES string of the molecule is NC1(Cc2cccc(N3CCOCC3)c2)CC1. The van der Waals surface area contributed by atoms with Gasteiger partial charge in [-0.25, -0.2) is 0 Å². The van der Waals surface area contributed by atoms with E-state index >= 15 is 0 Å². The Kier molecular flexibility index (Phi) is 2.81. The lowest BCUT2D eigenvalue weighted by molar-refractivity contribution is 0.122. The Hall–Kier alpha value is -1.06. The van der Waals surface area contributed by atoms with E-state index in [0.717, 1.165) is 32.7 Å². The lowest BCUT2D eigenvalue weighted by atomic mass is 10.0. The average molecular weight is 232 g/mol. The molecule has 0 unspecified atom stereocenters. The van der Waals surface area contributed by atoms with Crippen LogP contribution < -0.4 is 10.6 Å². The third-order valence-electron chi connectivity index (χ3n) is 3.74. The number of ether oxygens (including phenoxy) is 1. The first kappa shape index (κ1) is 11.1. The van der Waals surface area contributed by atoms with Crippen molar-refractivity contribution in [1.29, 1.82) is 0 Å². The molecule has 1 aromatic carbocycles. The number of benzene rings is 1. The van der Waals surface area contributed by atoms with Gasteiger partial charge in [-0.05, 0) is 37.0 Å². The van der Waals surface area contributed by atoms with E-state index in [1.54, 1.807) is 0 Å². The van der Waals surface area contributed by atoms with Gasteiger partial charge in [0.15, 0.2) is 0 Å². The van der Waals surface area contributed by atoms with Gasteiger partial charge in [-0.15, -0.1) is 0 Å². The van der Waals surface area contributed by atoms with Crippen LogP contribution in [0.3, 0.4) is 0 Å². The molecular formula is C14H20N2O. The van der Waals surface area contributed by atoms with Crippen LogP contribution in [0.25, 0.3) is 0 Å². The topological polar surface area (TPSA) is 38.5 Å². The zero-order valence-electron chi connectivity index (χ0n) is 10.2. The van der Waals surface area contributed by atoms with Gasteiger partial charge in [0.1, 0.15) is 0 Å². The van der Waals surface area contributed by atoms with Crippen molar-refractivity contribution in [3.05, 3.63) is 29.8 Å². The number of morpholine rings is 1. The second kappa shape index (κ2) is 4.31. The van der Waals surface area contributed by atoms with Gasteiger partial charge in [0, 0.05) is 24.3 Å². The standard InChI is InChI=1S/C14H20N2O/c15-14(4-5-14)11-12-2-1-3-13(10-12)16-6-8-17-9-7-16/h1-3,10H,4-9,11,15H2. The predicted octanol–water partition coefficient (Wildman–Crippen LogP) is 1.56. The van der Waals surface area contributed by atoms with E-state index in [2.05, 4.69) is 29.2 Å². The fourth-order valence-electron chi connectivity index (χ4n) is 2.43. The summed E-state index contributed by atoms with van der Waals surface area (Å²) in [5.41, 5.74) is 8.96. The Morgan fingerprint density at radius 2 is 2.00 bits per heavy atom. The summed E-state index contributed by atoms with van der Waals surface area (Å²) in [7, 11) is 0. The van der Waals surface area contributed by atoms with E-state index in [-0.39, 0.29) is 5.54 Å². The summed E-state index contributed by atoms with van der Waals surface area (Å²) >= 11 is 0. The second-order valence-electron chi connectivity index (χ2n) is 5.31. The monoisotopic (exact) mass is 232 g/mol. The van der Waals surface area contributed by atoms with Crippen molar-refractivity contribution in [2.45, 2.75) is 24.8 Å². The second-order valence-corrected chi connectivity index (χ2v) is 5.31. The van der Waals surface area contributed by atoms with Gasteiger partial charge in [0.2, 0.25) is 0 Å². The van der Waals surface area contributed by atoms with Gasteiger partial charge in [-0.2, -0.15) is 0 Å². The fraction of sp³-hybridized carbons (Fsp3) is 0.571. The van der Waals surface area contributed by atoms with Crippen LogP contribution in [0, 0.1) is 0 Å². The van der Waals surface area contributed by atoms with Crippen LogP contribution in [0.5, 0.6) is 0 Å². The van der Waals surface area contributed by atoms with E-state index in [1.165, 1.54) is 24.1 Å². The summed E-state index contributed by atoms with van der Waals surface area (Å²) in [5, 5.41) is 0. The molecule has 3 heteroatoms. The van der Waals surface area contributed by atoms with E-state index in [1.807, 2.05) is 0 Å². The minimum atomic E-state index is 0.101. The highest BCUT2D eigenvalue weighted by Gasteiger charge is 2.37. The first-order valence-electron chi connectivity index (χ1n) is 6.46. The molecule has 1 saturated heterocycles. The molecule has 2 N–H and O–H groups in total. The Labute approximate surface area is 103 Å². The Morgan fingerprint density at radius 1 is 1.24 bits per heavy atom. The molecule has 1 heterocycles. The molecule has 0 aromatic heterocycles. The quantitative estimate of drug-likeness (QED) is 0.859. The minimum absolute atomic E-state index is 0.101. The highest BCUT2D eigenvalue weighted by Crippen LogP contribution is 2.36. The molecule has 92 valence electrons. The molecule has 1 aromatic rings. The van der Waals surface area contributed by atoms with Crippen molar-refractivity contribution in [3.8, 4) is 0 Å². The average Bonchev–Trinajstić information content (AvgIpc) is 3.08. The molecule has 1 aliphatic carbocycles. The van der Waals surface area contributed by atoms with Crippen molar-refractivity contribution >= 4 is 5.69 Å². The highest BCUT2D eigenvalue weighted by molar-refractivity contribution is 5.49. The molecule has 0 spiro atoms. The van der Waals surface area contributed by atoms with Gasteiger partial charge in [0.25, 0.3) is 0 Å². The molecule has 1 aliphatic heterocycles. The van der Waals surface area contributed by atoms with Crippen LogP contribution in [-0.4, -0.2) is 31.8 Å². The molecule has 0 radical (unpaired) electrons. The molecule has 1 saturated carbocycles. The number of anilines is 1. The van der Waals surface area contributed by atoms with Crippen LogP contribution in [0.4, 0.5) is 5.69 Å². The third kappa shape index (κ3) is 2.61. The summed E-state index contributed by atoms with van der Waals surface area (Å²) in [6.45, 7) is 3.67. The summed E-state index contributed by atoms with van der Waals surface area (Å²) in [6, 6.07) is 8.81. The number of hydrogen-bond donors (Lipinski definition) is 1. The molecule has 2 aliphatic rings. The van der Waals surface area contributed by atoms with Gasteiger partial charge in [0.05, 0.1) is 13.2 Å². The van der Waals surface area contributed by atoms with Crippen molar-refractivity contribution in [3.63, 3.8) is 0 Å². The highest BCUT2D eigenvalue weighted by atomic mass is 16.5. The fourth-order valence-corrected chi connectivity index (χ4v) is 2.43. The van der Waals surface area contributed by atoms with E-state index in [0.29, 0.717) is 0 Å². The maximum atomic E-state index is 6.17. The molecule has 0 amide bonds. The molecule has 0 atom stereocenters. The summed E-state index contributed by atoms with van der Waals surface area (Å²) in [6.07, 6.45) is 3.37. The van der Waals surface area contributed by atoms with Gasteiger partial charge in [-0.3, -0.25) is 0 Å². The van der Waals surface area contributed by atoms with Gasteiger partial charge < -0.3 is 15.4 Å².